The van der Waals surface area contributed by atoms with E-state index in [1.54, 1.807) is 18.2 Å². The Labute approximate surface area is 258 Å². The van der Waals surface area contributed by atoms with Gasteiger partial charge in [0.25, 0.3) is 0 Å². The van der Waals surface area contributed by atoms with Gasteiger partial charge in [0.2, 0.25) is 11.8 Å². The van der Waals surface area contributed by atoms with Gasteiger partial charge in [0, 0.05) is 5.39 Å². The highest BCUT2D eigenvalue weighted by Crippen LogP contribution is 2.52. The Morgan fingerprint density at radius 1 is 1.05 bits per heavy atom. The number of allylic oxidation sites excluding steroid dienone is 2. The van der Waals surface area contributed by atoms with Crippen molar-refractivity contribution >= 4 is 54.0 Å². The van der Waals surface area contributed by atoms with Crippen molar-refractivity contribution in [3.8, 4) is 5.75 Å². The van der Waals surface area contributed by atoms with Crippen LogP contribution in [-0.2, 0) is 14.2 Å². The molecule has 10 heteroatoms. The highest BCUT2D eigenvalue weighted by atomic mass is 16.5. The Morgan fingerprint density at radius 3 is 2.52 bits per heavy atom. The highest BCUT2D eigenvalue weighted by Gasteiger charge is 2.57. The summed E-state index contributed by atoms with van der Waals surface area (Å²) in [6, 6.07) is 17.6. The third kappa shape index (κ3) is 5.41. The largest absolute Gasteiger partial charge is 0.507 e. The molecular formula is C34H37B2NO7. The summed E-state index contributed by atoms with van der Waals surface area (Å²) in [5, 5.41) is 42.3. The Balaban J connectivity index is 1.29. The van der Waals surface area contributed by atoms with Crippen LogP contribution >= 0.6 is 0 Å². The first-order valence-corrected chi connectivity index (χ1v) is 15.3. The van der Waals surface area contributed by atoms with Gasteiger partial charge in [-0.05, 0) is 84.5 Å². The number of hydrogen-bond donors (Lipinski definition) is 4. The zero-order valence-electron chi connectivity index (χ0n) is 25.2. The number of carbonyl (C=O) groups is 2. The SMILES string of the molecule is C/C(=C\c1ccc(O)c2ccccc12)CC[C@H]1OB(O)C[C@H]2C1=C(C(C)C)C[C@H]1C(=O)N(c3cccc(B(O)O)c3)C(=O)[C@H]12. The number of benzene rings is 3. The summed E-state index contributed by atoms with van der Waals surface area (Å²) in [6.45, 7) is 6.24. The number of phenols is 1. The number of rotatable bonds is 7. The van der Waals surface area contributed by atoms with Crippen molar-refractivity contribution in [2.24, 2.45) is 23.7 Å². The van der Waals surface area contributed by atoms with E-state index in [4.69, 9.17) is 4.65 Å². The molecule has 4 atom stereocenters. The van der Waals surface area contributed by atoms with Crippen molar-refractivity contribution in [3.05, 3.63) is 82.9 Å². The van der Waals surface area contributed by atoms with E-state index in [0.29, 0.717) is 24.9 Å². The summed E-state index contributed by atoms with van der Waals surface area (Å²) in [6.07, 6.45) is 3.70. The van der Waals surface area contributed by atoms with Crippen LogP contribution in [0.5, 0.6) is 5.75 Å². The van der Waals surface area contributed by atoms with E-state index in [2.05, 4.69) is 26.8 Å². The van der Waals surface area contributed by atoms with Gasteiger partial charge in [0.05, 0.1) is 23.6 Å². The summed E-state index contributed by atoms with van der Waals surface area (Å²) in [5.74, 6) is -1.75. The second-order valence-electron chi connectivity index (χ2n) is 12.6. The second kappa shape index (κ2) is 12.0. The first kappa shape index (κ1) is 30.3. The van der Waals surface area contributed by atoms with Crippen LogP contribution in [0.4, 0.5) is 5.69 Å². The molecule has 0 aromatic heterocycles. The number of nitrogens with zero attached hydrogens (tertiary/aromatic N) is 1. The third-order valence-corrected chi connectivity index (χ3v) is 9.51. The molecule has 3 aromatic rings. The van der Waals surface area contributed by atoms with Crippen LogP contribution in [0.25, 0.3) is 16.8 Å². The van der Waals surface area contributed by atoms with E-state index in [1.165, 1.54) is 17.0 Å². The molecule has 1 aliphatic carbocycles. The molecular weight excluding hydrogens is 556 g/mol. The van der Waals surface area contributed by atoms with E-state index in [-0.39, 0.29) is 41.2 Å². The monoisotopic (exact) mass is 593 g/mol. The molecule has 3 aromatic carbocycles. The molecule has 6 rings (SSSR count). The zero-order valence-corrected chi connectivity index (χ0v) is 25.2. The Bertz CT molecular complexity index is 1680. The Hall–Kier alpha value is -3.69. The van der Waals surface area contributed by atoms with Crippen molar-refractivity contribution in [1.82, 2.24) is 0 Å². The van der Waals surface area contributed by atoms with Crippen LogP contribution in [0.2, 0.25) is 6.32 Å². The number of phenolic OH excluding ortho intramolecular Hbond substituents is 1. The lowest BCUT2D eigenvalue weighted by Crippen LogP contribution is -2.46. The maximum Gasteiger partial charge on any atom is 0.488 e. The molecule has 44 heavy (non-hydrogen) atoms. The first-order chi connectivity index (χ1) is 21.0. The van der Waals surface area contributed by atoms with Crippen LogP contribution in [-0.4, -0.2) is 52.3 Å². The van der Waals surface area contributed by atoms with Gasteiger partial charge in [-0.2, -0.15) is 0 Å². The average Bonchev–Trinajstić information content (AvgIpc) is 3.26. The summed E-state index contributed by atoms with van der Waals surface area (Å²) in [5.41, 5.74) is 4.79. The molecule has 0 bridgehead atoms. The van der Waals surface area contributed by atoms with Gasteiger partial charge in [-0.15, -0.1) is 0 Å². The fourth-order valence-corrected chi connectivity index (χ4v) is 7.46. The minimum atomic E-state index is -1.72. The molecule has 2 fully saturated rings. The number of amides is 2. The third-order valence-electron chi connectivity index (χ3n) is 9.51. The van der Waals surface area contributed by atoms with Crippen molar-refractivity contribution in [3.63, 3.8) is 0 Å². The van der Waals surface area contributed by atoms with Crippen LogP contribution in [0.15, 0.2) is 77.4 Å². The Kier molecular flexibility index (Phi) is 8.28. The number of carbonyl (C=O) groups excluding carboxylic acids is 2. The lowest BCUT2D eigenvalue weighted by atomic mass is 9.57. The predicted octanol–water partition coefficient (Wildman–Crippen LogP) is 4.07. The van der Waals surface area contributed by atoms with Crippen LogP contribution in [0, 0.1) is 23.7 Å². The molecule has 0 unspecified atom stereocenters. The van der Waals surface area contributed by atoms with Gasteiger partial charge in [-0.1, -0.05) is 73.5 Å². The van der Waals surface area contributed by atoms with Gasteiger partial charge in [-0.3, -0.25) is 14.5 Å². The molecule has 4 N–H and O–H groups in total. The summed E-state index contributed by atoms with van der Waals surface area (Å²) in [7, 11) is -2.78. The first-order valence-electron chi connectivity index (χ1n) is 15.3. The fraction of sp³-hybridized carbons (Fsp3) is 0.353. The van der Waals surface area contributed by atoms with E-state index < -0.39 is 32.2 Å². The molecule has 0 radical (unpaired) electrons. The number of anilines is 1. The van der Waals surface area contributed by atoms with Gasteiger partial charge in [-0.25, -0.2) is 0 Å². The molecule has 2 amide bonds. The maximum absolute atomic E-state index is 14.0. The molecule has 8 nitrogen and oxygen atoms in total. The van der Waals surface area contributed by atoms with Crippen LogP contribution < -0.4 is 10.4 Å². The number of fused-ring (bicyclic) bond motifs is 4. The van der Waals surface area contributed by atoms with Crippen LogP contribution in [0.3, 0.4) is 0 Å². The van der Waals surface area contributed by atoms with Crippen molar-refractivity contribution in [2.75, 3.05) is 4.90 Å². The van der Waals surface area contributed by atoms with Crippen molar-refractivity contribution < 1.29 is 34.4 Å². The number of aromatic hydroxyl groups is 1. The van der Waals surface area contributed by atoms with Crippen LogP contribution in [0.1, 0.15) is 45.6 Å². The zero-order chi connectivity index (χ0) is 31.3. The van der Waals surface area contributed by atoms with Gasteiger partial charge in [0.1, 0.15) is 5.75 Å². The lowest BCUT2D eigenvalue weighted by Gasteiger charge is -2.44. The van der Waals surface area contributed by atoms with E-state index >= 15 is 0 Å². The normalized spacial score (nSPS) is 23.9. The Morgan fingerprint density at radius 2 is 1.80 bits per heavy atom. The van der Waals surface area contributed by atoms with Gasteiger partial charge < -0.3 is 24.8 Å². The predicted molar refractivity (Wildman–Crippen MR) is 172 cm³/mol. The smallest absolute Gasteiger partial charge is 0.488 e. The summed E-state index contributed by atoms with van der Waals surface area (Å²) < 4.78 is 6.16. The molecule has 2 saturated heterocycles. The van der Waals surface area contributed by atoms with Crippen molar-refractivity contribution in [2.45, 2.75) is 52.5 Å². The molecule has 2 heterocycles. The minimum absolute atomic E-state index is 0.125. The molecule has 0 spiro atoms. The number of imide groups is 1. The lowest BCUT2D eigenvalue weighted by molar-refractivity contribution is -0.122. The van der Waals surface area contributed by atoms with Gasteiger partial charge >= 0.3 is 14.2 Å². The second-order valence-corrected chi connectivity index (χ2v) is 12.6. The molecule has 3 aliphatic rings. The standard InChI is InChI=1S/C34H37B2NO7/c1-19(2)26-17-27-32(34(40)37(33(27)39)23-8-6-7-22(16-23)36(42)43)28-18-35(41)44-30(31(26)28)14-11-20(3)15-21-12-13-29(38)25-10-5-4-9-24(21)25/h4-10,12-13,15-16,19,27-28,30,32,38,41-43H,11,14,17-18H2,1-3H3/b20-15+/t27-,28+,30-,32-/m1/s1. The highest BCUT2D eigenvalue weighted by molar-refractivity contribution is 6.58. The summed E-state index contributed by atoms with van der Waals surface area (Å²) >= 11 is 0. The fourth-order valence-electron chi connectivity index (χ4n) is 7.46. The molecule has 0 saturated carbocycles. The van der Waals surface area contributed by atoms with E-state index in [0.717, 1.165) is 33.1 Å². The minimum Gasteiger partial charge on any atom is -0.507 e. The van der Waals surface area contributed by atoms with E-state index in [9.17, 15) is 29.8 Å². The molecule has 2 aliphatic heterocycles. The maximum atomic E-state index is 14.0. The van der Waals surface area contributed by atoms with E-state index in [1.807, 2.05) is 30.3 Å². The topological polar surface area (TPSA) is 128 Å². The molecule has 226 valence electrons. The average molecular weight is 593 g/mol. The van der Waals surface area contributed by atoms with Gasteiger partial charge in [0.15, 0.2) is 0 Å². The summed E-state index contributed by atoms with van der Waals surface area (Å²) in [4.78, 5) is 29.0. The quantitative estimate of drug-likeness (QED) is 0.185. The number of hydrogen-bond acceptors (Lipinski definition) is 7. The van der Waals surface area contributed by atoms with Crippen molar-refractivity contribution in [1.29, 1.82) is 0 Å².